The maximum atomic E-state index is 11.5. The molecule has 0 aliphatic carbocycles. The maximum Gasteiger partial charge on any atom is 0.408 e. The molecule has 6 nitrogen and oxygen atoms in total. The Hall–Kier alpha value is -2.68. The summed E-state index contributed by atoms with van der Waals surface area (Å²) in [4.78, 5) is 22.9. The molecule has 0 aliphatic rings. The number of esters is 1. The third-order valence-electron chi connectivity index (χ3n) is 2.33. The van der Waals surface area contributed by atoms with Crippen molar-refractivity contribution < 1.29 is 19.1 Å². The molecule has 118 valence electrons. The molecule has 0 fully saturated rings. The molecule has 0 radical (unpaired) electrons. The van der Waals surface area contributed by atoms with Crippen LogP contribution in [-0.2, 0) is 9.47 Å². The van der Waals surface area contributed by atoms with Crippen LogP contribution in [0, 0.1) is 11.8 Å². The van der Waals surface area contributed by atoms with Crippen LogP contribution >= 0.6 is 0 Å². The molecule has 0 bridgehead atoms. The summed E-state index contributed by atoms with van der Waals surface area (Å²) in [5.41, 5.74) is 6.45. The van der Waals surface area contributed by atoms with E-state index in [1.807, 2.05) is 0 Å². The van der Waals surface area contributed by atoms with Crippen molar-refractivity contribution in [2.24, 2.45) is 0 Å². The van der Waals surface area contributed by atoms with E-state index in [0.29, 0.717) is 16.8 Å². The number of benzene rings is 1. The highest BCUT2D eigenvalue weighted by molar-refractivity contribution is 5.90. The smallest absolute Gasteiger partial charge is 0.408 e. The zero-order chi connectivity index (χ0) is 16.8. The first-order chi connectivity index (χ1) is 10.2. The van der Waals surface area contributed by atoms with Crippen LogP contribution in [0.15, 0.2) is 18.2 Å². The highest BCUT2D eigenvalue weighted by Gasteiger charge is 2.15. The Morgan fingerprint density at radius 3 is 2.55 bits per heavy atom. The number of hydrogen-bond acceptors (Lipinski definition) is 5. The number of carbonyl (C=O) groups is 2. The molecule has 0 unspecified atom stereocenters. The molecule has 3 N–H and O–H groups in total. The lowest BCUT2D eigenvalue weighted by molar-refractivity contribution is 0.0533. The lowest BCUT2D eigenvalue weighted by Gasteiger charge is -2.19. The monoisotopic (exact) mass is 304 g/mol. The van der Waals surface area contributed by atoms with Gasteiger partial charge in [0.1, 0.15) is 5.60 Å². The zero-order valence-electron chi connectivity index (χ0n) is 13.1. The molecule has 1 amide bonds. The van der Waals surface area contributed by atoms with Crippen molar-refractivity contribution in [1.29, 1.82) is 0 Å². The highest BCUT2D eigenvalue weighted by Crippen LogP contribution is 2.12. The Morgan fingerprint density at radius 1 is 1.27 bits per heavy atom. The standard InChI is InChI=1S/C16H20N2O4/c1-16(2,3)22-15(20)18-7-5-6-11-8-12(14(19)21-4)10-13(17)9-11/h8-10H,7,17H2,1-4H3,(H,18,20). The van der Waals surface area contributed by atoms with Crippen molar-refractivity contribution in [3.63, 3.8) is 0 Å². The van der Waals surface area contributed by atoms with Crippen molar-refractivity contribution in [1.82, 2.24) is 5.32 Å². The van der Waals surface area contributed by atoms with Crippen LogP contribution in [0.25, 0.3) is 0 Å². The fourth-order valence-electron chi connectivity index (χ4n) is 1.54. The van der Waals surface area contributed by atoms with E-state index in [1.165, 1.54) is 13.2 Å². The van der Waals surface area contributed by atoms with Crippen LogP contribution < -0.4 is 11.1 Å². The first-order valence-corrected chi connectivity index (χ1v) is 6.66. The van der Waals surface area contributed by atoms with Gasteiger partial charge in [0, 0.05) is 11.3 Å². The van der Waals surface area contributed by atoms with E-state index < -0.39 is 17.7 Å². The van der Waals surface area contributed by atoms with Gasteiger partial charge in [-0.25, -0.2) is 9.59 Å². The van der Waals surface area contributed by atoms with Crippen LogP contribution in [0.4, 0.5) is 10.5 Å². The number of alkyl carbamates (subject to hydrolysis) is 1. The molecule has 0 heterocycles. The minimum absolute atomic E-state index is 0.122. The lowest BCUT2D eigenvalue weighted by atomic mass is 10.1. The van der Waals surface area contributed by atoms with Gasteiger partial charge in [0.2, 0.25) is 0 Å². The van der Waals surface area contributed by atoms with Crippen molar-refractivity contribution in [2.45, 2.75) is 26.4 Å². The number of nitrogen functional groups attached to an aromatic ring is 1. The third-order valence-corrected chi connectivity index (χ3v) is 2.33. The highest BCUT2D eigenvalue weighted by atomic mass is 16.6. The quantitative estimate of drug-likeness (QED) is 0.495. The van der Waals surface area contributed by atoms with Gasteiger partial charge in [0.25, 0.3) is 0 Å². The van der Waals surface area contributed by atoms with Gasteiger partial charge in [-0.05, 0) is 39.0 Å². The number of nitrogens with one attached hydrogen (secondary N) is 1. The molecule has 0 atom stereocenters. The average Bonchev–Trinajstić information content (AvgIpc) is 2.40. The number of amides is 1. The molecule has 0 saturated heterocycles. The number of rotatable bonds is 2. The molecule has 0 aliphatic heterocycles. The van der Waals surface area contributed by atoms with Gasteiger partial charge < -0.3 is 20.5 Å². The van der Waals surface area contributed by atoms with Crippen LogP contribution in [0.1, 0.15) is 36.7 Å². The summed E-state index contributed by atoms with van der Waals surface area (Å²) in [6.07, 6.45) is -0.537. The van der Waals surface area contributed by atoms with Crippen LogP contribution in [0.3, 0.4) is 0 Å². The van der Waals surface area contributed by atoms with Crippen molar-refractivity contribution in [2.75, 3.05) is 19.4 Å². The summed E-state index contributed by atoms with van der Waals surface area (Å²) >= 11 is 0. The minimum atomic E-state index is -0.555. The number of anilines is 1. The van der Waals surface area contributed by atoms with Gasteiger partial charge in [-0.15, -0.1) is 0 Å². The van der Waals surface area contributed by atoms with Gasteiger partial charge in [-0.2, -0.15) is 0 Å². The van der Waals surface area contributed by atoms with Gasteiger partial charge in [-0.1, -0.05) is 11.8 Å². The fourth-order valence-corrected chi connectivity index (χ4v) is 1.54. The van der Waals surface area contributed by atoms with Crippen LogP contribution in [0.2, 0.25) is 0 Å². The van der Waals surface area contributed by atoms with Crippen molar-refractivity contribution in [3.05, 3.63) is 29.3 Å². The summed E-state index contributed by atoms with van der Waals surface area (Å²) in [5, 5.41) is 2.51. The Kier molecular flexibility index (Phi) is 5.81. The average molecular weight is 304 g/mol. The van der Waals surface area contributed by atoms with Gasteiger partial charge in [-0.3, -0.25) is 0 Å². The molecule has 22 heavy (non-hydrogen) atoms. The largest absolute Gasteiger partial charge is 0.465 e. The molecular weight excluding hydrogens is 284 g/mol. The second-order valence-corrected chi connectivity index (χ2v) is 5.49. The predicted molar refractivity (Wildman–Crippen MR) is 83.3 cm³/mol. The first kappa shape index (κ1) is 17.4. The summed E-state index contributed by atoms with van der Waals surface area (Å²) in [6.45, 7) is 5.45. The summed E-state index contributed by atoms with van der Waals surface area (Å²) in [5.74, 6) is 5.09. The van der Waals surface area contributed by atoms with Gasteiger partial charge in [0.05, 0.1) is 19.2 Å². The molecule has 0 spiro atoms. The summed E-state index contributed by atoms with van der Waals surface area (Å²) in [6, 6.07) is 4.71. The van der Waals surface area contributed by atoms with E-state index in [1.54, 1.807) is 32.9 Å². The molecule has 0 aromatic heterocycles. The molecular formula is C16H20N2O4. The second-order valence-electron chi connectivity index (χ2n) is 5.49. The van der Waals surface area contributed by atoms with E-state index in [-0.39, 0.29) is 6.54 Å². The zero-order valence-corrected chi connectivity index (χ0v) is 13.1. The Balaban J connectivity index is 2.67. The summed E-state index contributed by atoms with van der Waals surface area (Å²) in [7, 11) is 1.29. The van der Waals surface area contributed by atoms with E-state index in [4.69, 9.17) is 10.5 Å². The van der Waals surface area contributed by atoms with Crippen molar-refractivity contribution >= 4 is 17.7 Å². The number of carbonyl (C=O) groups excluding carboxylic acids is 2. The molecule has 1 aromatic carbocycles. The maximum absolute atomic E-state index is 11.5. The molecule has 0 saturated carbocycles. The Labute approximate surface area is 130 Å². The Bertz CT molecular complexity index is 621. The number of nitrogens with two attached hydrogens (primary N) is 1. The van der Waals surface area contributed by atoms with E-state index in [2.05, 4.69) is 21.9 Å². The van der Waals surface area contributed by atoms with E-state index >= 15 is 0 Å². The van der Waals surface area contributed by atoms with E-state index in [9.17, 15) is 9.59 Å². The number of hydrogen-bond donors (Lipinski definition) is 2. The number of methoxy groups -OCH3 is 1. The topological polar surface area (TPSA) is 90.6 Å². The third kappa shape index (κ3) is 6.18. The molecule has 1 aromatic rings. The van der Waals surface area contributed by atoms with Crippen LogP contribution in [0.5, 0.6) is 0 Å². The van der Waals surface area contributed by atoms with E-state index in [0.717, 1.165) is 0 Å². The molecule has 6 heteroatoms. The fraction of sp³-hybridized carbons (Fsp3) is 0.375. The Morgan fingerprint density at radius 2 is 1.95 bits per heavy atom. The minimum Gasteiger partial charge on any atom is -0.465 e. The lowest BCUT2D eigenvalue weighted by Crippen LogP contribution is -2.32. The van der Waals surface area contributed by atoms with Gasteiger partial charge in [0.15, 0.2) is 0 Å². The summed E-state index contributed by atoms with van der Waals surface area (Å²) < 4.78 is 9.71. The van der Waals surface area contributed by atoms with Gasteiger partial charge >= 0.3 is 12.1 Å². The first-order valence-electron chi connectivity index (χ1n) is 6.66. The van der Waals surface area contributed by atoms with Crippen molar-refractivity contribution in [3.8, 4) is 11.8 Å². The SMILES string of the molecule is COC(=O)c1cc(N)cc(C#CCNC(=O)OC(C)(C)C)c1. The second kappa shape index (κ2) is 7.36. The number of ether oxygens (including phenoxy) is 2. The van der Waals surface area contributed by atoms with Crippen LogP contribution in [-0.4, -0.2) is 31.3 Å². The normalized spacial score (nSPS) is 10.2. The molecule has 1 rings (SSSR count). The predicted octanol–water partition coefficient (Wildman–Crippen LogP) is 1.93.